The van der Waals surface area contributed by atoms with Gasteiger partial charge in [-0.3, -0.25) is 0 Å². The molecule has 0 radical (unpaired) electrons. The van der Waals surface area contributed by atoms with Crippen LogP contribution in [0.15, 0.2) is 36.9 Å². The van der Waals surface area contributed by atoms with Gasteiger partial charge in [-0.25, -0.2) is 9.67 Å². The topological polar surface area (TPSA) is 54.8 Å². The van der Waals surface area contributed by atoms with Crippen LogP contribution in [0.25, 0.3) is 5.69 Å². The van der Waals surface area contributed by atoms with Gasteiger partial charge < -0.3 is 10.6 Å². The molecule has 0 aliphatic carbocycles. The second kappa shape index (κ2) is 5.18. The molecule has 1 aliphatic rings. The molecule has 0 bridgehead atoms. The highest BCUT2D eigenvalue weighted by Crippen LogP contribution is 2.15. The first-order chi connectivity index (χ1) is 8.92. The minimum Gasteiger partial charge on any atom is -0.382 e. The van der Waals surface area contributed by atoms with Gasteiger partial charge in [-0.1, -0.05) is 0 Å². The van der Waals surface area contributed by atoms with Crippen molar-refractivity contribution in [2.24, 2.45) is 0 Å². The van der Waals surface area contributed by atoms with E-state index in [0.29, 0.717) is 6.04 Å². The van der Waals surface area contributed by atoms with Gasteiger partial charge in [0, 0.05) is 11.7 Å². The fraction of sp³-hybridized carbons (Fsp3) is 0.385. The number of nitrogens with one attached hydrogen (secondary N) is 2. The molecule has 0 spiro atoms. The standard InChI is InChI=1S/C13H17N5/c1-3-13(18-10-15-9-16-18)4-2-11(1)17-12-5-7-14-8-6-12/h1-4,9-10,12,14,17H,5-8H2. The Hall–Kier alpha value is -1.88. The lowest BCUT2D eigenvalue weighted by molar-refractivity contribution is 0.479. The van der Waals surface area contributed by atoms with Crippen LogP contribution in [0.3, 0.4) is 0 Å². The highest BCUT2D eigenvalue weighted by molar-refractivity contribution is 5.49. The van der Waals surface area contributed by atoms with Crippen molar-refractivity contribution in [3.8, 4) is 5.69 Å². The van der Waals surface area contributed by atoms with E-state index in [1.807, 2.05) is 0 Å². The lowest BCUT2D eigenvalue weighted by atomic mass is 10.1. The molecule has 5 heteroatoms. The normalized spacial score (nSPS) is 16.7. The summed E-state index contributed by atoms with van der Waals surface area (Å²) in [5, 5.41) is 11.0. The molecule has 1 aromatic heterocycles. The van der Waals surface area contributed by atoms with Gasteiger partial charge in [0.25, 0.3) is 0 Å². The lowest BCUT2D eigenvalue weighted by Gasteiger charge is -2.24. The van der Waals surface area contributed by atoms with Crippen molar-refractivity contribution in [3.63, 3.8) is 0 Å². The van der Waals surface area contributed by atoms with Crippen LogP contribution in [-0.2, 0) is 0 Å². The monoisotopic (exact) mass is 243 g/mol. The van der Waals surface area contributed by atoms with E-state index in [2.05, 4.69) is 45.0 Å². The summed E-state index contributed by atoms with van der Waals surface area (Å²) in [4.78, 5) is 3.94. The van der Waals surface area contributed by atoms with Gasteiger partial charge in [0.05, 0.1) is 5.69 Å². The van der Waals surface area contributed by atoms with Crippen LogP contribution in [0.4, 0.5) is 5.69 Å². The molecule has 1 aromatic carbocycles. The number of anilines is 1. The summed E-state index contributed by atoms with van der Waals surface area (Å²) in [6.45, 7) is 2.21. The lowest BCUT2D eigenvalue weighted by Crippen LogP contribution is -2.35. The maximum Gasteiger partial charge on any atom is 0.138 e. The minimum atomic E-state index is 0.587. The van der Waals surface area contributed by atoms with Crippen molar-refractivity contribution < 1.29 is 0 Å². The molecular weight excluding hydrogens is 226 g/mol. The van der Waals surface area contributed by atoms with Crippen molar-refractivity contribution in [1.82, 2.24) is 20.1 Å². The Morgan fingerprint density at radius 3 is 2.61 bits per heavy atom. The van der Waals surface area contributed by atoms with Crippen molar-refractivity contribution in [3.05, 3.63) is 36.9 Å². The number of benzene rings is 1. The van der Waals surface area contributed by atoms with Gasteiger partial charge >= 0.3 is 0 Å². The summed E-state index contributed by atoms with van der Waals surface area (Å²) in [7, 11) is 0. The second-order valence-corrected chi connectivity index (χ2v) is 4.56. The summed E-state index contributed by atoms with van der Waals surface area (Å²) in [6, 6.07) is 8.89. The zero-order valence-electron chi connectivity index (χ0n) is 10.2. The Morgan fingerprint density at radius 1 is 1.17 bits per heavy atom. The third kappa shape index (κ3) is 2.51. The van der Waals surface area contributed by atoms with Crippen molar-refractivity contribution in [2.75, 3.05) is 18.4 Å². The predicted octanol–water partition coefficient (Wildman–Crippen LogP) is 1.43. The number of nitrogens with zero attached hydrogens (tertiary/aromatic N) is 3. The van der Waals surface area contributed by atoms with E-state index in [9.17, 15) is 0 Å². The number of hydrogen-bond acceptors (Lipinski definition) is 4. The van der Waals surface area contributed by atoms with Gasteiger partial charge in [-0.05, 0) is 50.2 Å². The summed E-state index contributed by atoms with van der Waals surface area (Å²) in [6.07, 6.45) is 5.62. The molecule has 0 amide bonds. The summed E-state index contributed by atoms with van der Waals surface area (Å²) < 4.78 is 1.76. The average Bonchev–Trinajstić information content (AvgIpc) is 2.95. The largest absolute Gasteiger partial charge is 0.382 e. The highest BCUT2D eigenvalue weighted by Gasteiger charge is 2.12. The van der Waals surface area contributed by atoms with Gasteiger partial charge in [0.15, 0.2) is 0 Å². The molecule has 0 saturated carbocycles. The smallest absolute Gasteiger partial charge is 0.138 e. The fourth-order valence-electron chi connectivity index (χ4n) is 2.25. The van der Waals surface area contributed by atoms with Crippen LogP contribution in [0.2, 0.25) is 0 Å². The van der Waals surface area contributed by atoms with Crippen LogP contribution in [-0.4, -0.2) is 33.9 Å². The SMILES string of the molecule is c1ncn(-c2ccc(NC3CCNCC3)cc2)n1. The Balaban J connectivity index is 1.67. The van der Waals surface area contributed by atoms with E-state index in [4.69, 9.17) is 0 Å². The molecule has 2 N–H and O–H groups in total. The summed E-state index contributed by atoms with van der Waals surface area (Å²) >= 11 is 0. The maximum absolute atomic E-state index is 4.11. The Kier molecular flexibility index (Phi) is 3.23. The maximum atomic E-state index is 4.11. The first-order valence-electron chi connectivity index (χ1n) is 6.34. The average molecular weight is 243 g/mol. The van der Waals surface area contributed by atoms with Gasteiger partial charge in [0.2, 0.25) is 0 Å². The Bertz CT molecular complexity index is 471. The third-order valence-corrected chi connectivity index (χ3v) is 3.26. The van der Waals surface area contributed by atoms with Crippen LogP contribution in [0.5, 0.6) is 0 Å². The van der Waals surface area contributed by atoms with Crippen LogP contribution in [0.1, 0.15) is 12.8 Å². The van der Waals surface area contributed by atoms with E-state index < -0.39 is 0 Å². The molecule has 0 unspecified atom stereocenters. The van der Waals surface area contributed by atoms with Crippen LogP contribution < -0.4 is 10.6 Å². The summed E-state index contributed by atoms with van der Waals surface area (Å²) in [5.74, 6) is 0. The van der Waals surface area contributed by atoms with Crippen molar-refractivity contribution >= 4 is 5.69 Å². The van der Waals surface area contributed by atoms with E-state index in [0.717, 1.165) is 18.8 Å². The van der Waals surface area contributed by atoms with E-state index >= 15 is 0 Å². The first kappa shape index (κ1) is 11.2. The number of aromatic nitrogens is 3. The van der Waals surface area contributed by atoms with Crippen molar-refractivity contribution in [2.45, 2.75) is 18.9 Å². The highest BCUT2D eigenvalue weighted by atomic mass is 15.3. The number of rotatable bonds is 3. The molecule has 3 rings (SSSR count). The van der Waals surface area contributed by atoms with Crippen LogP contribution in [0, 0.1) is 0 Å². The van der Waals surface area contributed by atoms with E-state index in [-0.39, 0.29) is 0 Å². The molecule has 0 atom stereocenters. The third-order valence-electron chi connectivity index (χ3n) is 3.26. The first-order valence-corrected chi connectivity index (χ1v) is 6.34. The number of hydrogen-bond donors (Lipinski definition) is 2. The summed E-state index contributed by atoms with van der Waals surface area (Å²) in [5.41, 5.74) is 2.20. The quantitative estimate of drug-likeness (QED) is 0.856. The molecule has 1 fully saturated rings. The number of piperidine rings is 1. The molecule has 1 saturated heterocycles. The fourth-order valence-corrected chi connectivity index (χ4v) is 2.25. The Labute approximate surface area is 106 Å². The molecule has 18 heavy (non-hydrogen) atoms. The molecule has 94 valence electrons. The zero-order valence-corrected chi connectivity index (χ0v) is 10.2. The van der Waals surface area contributed by atoms with E-state index in [1.54, 1.807) is 17.3 Å². The molecule has 5 nitrogen and oxygen atoms in total. The zero-order chi connectivity index (χ0) is 12.2. The van der Waals surface area contributed by atoms with Crippen molar-refractivity contribution in [1.29, 1.82) is 0 Å². The molecule has 1 aliphatic heterocycles. The Morgan fingerprint density at radius 2 is 1.94 bits per heavy atom. The van der Waals surface area contributed by atoms with Gasteiger partial charge in [-0.15, -0.1) is 0 Å². The molecule has 2 heterocycles. The minimum absolute atomic E-state index is 0.587. The van der Waals surface area contributed by atoms with Gasteiger partial charge in [0.1, 0.15) is 12.7 Å². The van der Waals surface area contributed by atoms with Gasteiger partial charge in [-0.2, -0.15) is 5.10 Å². The van der Waals surface area contributed by atoms with E-state index in [1.165, 1.54) is 18.5 Å². The second-order valence-electron chi connectivity index (χ2n) is 4.56. The predicted molar refractivity (Wildman–Crippen MR) is 70.9 cm³/mol. The van der Waals surface area contributed by atoms with Crippen LogP contribution >= 0.6 is 0 Å². The molecule has 2 aromatic rings. The molecular formula is C13H17N5.